The minimum atomic E-state index is -0.514. The number of hydrogen-bond donors (Lipinski definition) is 0. The van der Waals surface area contributed by atoms with Gasteiger partial charge in [-0.2, -0.15) is 0 Å². The van der Waals surface area contributed by atoms with Gasteiger partial charge in [-0.3, -0.25) is 14.2 Å². The minimum Gasteiger partial charge on any atom is -0.496 e. The van der Waals surface area contributed by atoms with Gasteiger partial charge in [-0.05, 0) is 24.3 Å². The van der Waals surface area contributed by atoms with E-state index in [9.17, 15) is 14.0 Å². The first-order valence-electron chi connectivity index (χ1n) is 7.37. The molecule has 0 fully saturated rings. The molecule has 0 bridgehead atoms. The molecule has 0 amide bonds. The molecule has 0 N–H and O–H groups in total. The molecule has 5 nitrogen and oxygen atoms in total. The number of carbonyl (C=O) groups is 1. The average molecular weight is 326 g/mol. The summed E-state index contributed by atoms with van der Waals surface area (Å²) in [6.07, 6.45) is 1.44. The van der Waals surface area contributed by atoms with Crippen LogP contribution in [-0.2, 0) is 17.8 Å². The van der Waals surface area contributed by atoms with E-state index in [4.69, 9.17) is 4.74 Å². The third-order valence-electron chi connectivity index (χ3n) is 3.71. The van der Waals surface area contributed by atoms with E-state index >= 15 is 0 Å². The lowest BCUT2D eigenvalue weighted by Crippen LogP contribution is -2.25. The van der Waals surface area contributed by atoms with Crippen molar-refractivity contribution in [2.75, 3.05) is 7.11 Å². The van der Waals surface area contributed by atoms with Gasteiger partial charge in [0.05, 0.1) is 30.9 Å². The van der Waals surface area contributed by atoms with E-state index in [0.29, 0.717) is 11.3 Å². The van der Waals surface area contributed by atoms with Crippen molar-refractivity contribution in [2.24, 2.45) is 0 Å². The number of ketones is 1. The van der Waals surface area contributed by atoms with Crippen LogP contribution in [0.5, 0.6) is 5.75 Å². The molecule has 0 atom stereocenters. The largest absolute Gasteiger partial charge is 0.496 e. The summed E-state index contributed by atoms with van der Waals surface area (Å²) < 4.78 is 19.7. The summed E-state index contributed by atoms with van der Waals surface area (Å²) in [4.78, 5) is 28.8. The number of carbonyl (C=O) groups excluding carboxylic acids is 1. The number of rotatable bonds is 5. The standard InChI is InChI=1S/C18H15FN2O3/c1-24-17-5-3-2-4-12(17)8-14(22)10-21-11-20-16-7-6-13(19)9-15(16)18(21)23/h2-7,9,11H,8,10H2,1H3. The second-order valence-corrected chi connectivity index (χ2v) is 5.37. The van der Waals surface area contributed by atoms with Gasteiger partial charge in [0.25, 0.3) is 5.56 Å². The number of nitrogens with zero attached hydrogens (tertiary/aromatic N) is 2. The second kappa shape index (κ2) is 6.62. The summed E-state index contributed by atoms with van der Waals surface area (Å²) in [5, 5.41) is 0.155. The van der Waals surface area contributed by atoms with Gasteiger partial charge >= 0.3 is 0 Å². The Balaban J connectivity index is 1.85. The molecule has 0 spiro atoms. The second-order valence-electron chi connectivity index (χ2n) is 5.37. The van der Waals surface area contributed by atoms with E-state index in [0.717, 1.165) is 11.6 Å². The molecule has 0 aliphatic heterocycles. The van der Waals surface area contributed by atoms with Gasteiger partial charge in [0.2, 0.25) is 0 Å². The molecule has 3 aromatic rings. The lowest BCUT2D eigenvalue weighted by Gasteiger charge is -2.09. The van der Waals surface area contributed by atoms with Gasteiger partial charge in [-0.15, -0.1) is 0 Å². The monoisotopic (exact) mass is 326 g/mol. The number of ether oxygens (including phenoxy) is 1. The topological polar surface area (TPSA) is 61.2 Å². The van der Waals surface area contributed by atoms with Crippen LogP contribution in [-0.4, -0.2) is 22.4 Å². The fourth-order valence-corrected chi connectivity index (χ4v) is 2.55. The molecule has 0 saturated carbocycles. The SMILES string of the molecule is COc1ccccc1CC(=O)Cn1cnc2ccc(F)cc2c1=O. The average Bonchev–Trinajstić information content (AvgIpc) is 2.58. The number of halogens is 1. The molecular weight excluding hydrogens is 311 g/mol. The van der Waals surface area contributed by atoms with Gasteiger partial charge in [0, 0.05) is 12.0 Å². The van der Waals surface area contributed by atoms with Crippen molar-refractivity contribution in [1.82, 2.24) is 9.55 Å². The van der Waals surface area contributed by atoms with Crippen molar-refractivity contribution < 1.29 is 13.9 Å². The Kier molecular flexibility index (Phi) is 4.37. The molecule has 3 rings (SSSR count). The number of methoxy groups -OCH3 is 1. The molecule has 0 aliphatic rings. The van der Waals surface area contributed by atoms with Crippen molar-refractivity contribution in [3.8, 4) is 5.75 Å². The number of hydrogen-bond acceptors (Lipinski definition) is 4. The van der Waals surface area contributed by atoms with Gasteiger partial charge < -0.3 is 4.74 Å². The summed E-state index contributed by atoms with van der Waals surface area (Å²) in [6.45, 7) is -0.129. The zero-order chi connectivity index (χ0) is 17.1. The maximum absolute atomic E-state index is 13.3. The highest BCUT2D eigenvalue weighted by molar-refractivity contribution is 5.82. The number of aromatic nitrogens is 2. The minimum absolute atomic E-state index is 0.129. The van der Waals surface area contributed by atoms with Crippen LogP contribution < -0.4 is 10.3 Å². The number of fused-ring (bicyclic) bond motifs is 1. The third kappa shape index (κ3) is 3.17. The molecule has 0 radical (unpaired) electrons. The highest BCUT2D eigenvalue weighted by atomic mass is 19.1. The van der Waals surface area contributed by atoms with E-state index in [1.807, 2.05) is 12.1 Å². The lowest BCUT2D eigenvalue weighted by molar-refractivity contribution is -0.119. The predicted octanol–water partition coefficient (Wildman–Crippen LogP) is 2.36. The zero-order valence-corrected chi connectivity index (χ0v) is 13.0. The molecule has 1 heterocycles. The Morgan fingerprint density at radius 2 is 2.04 bits per heavy atom. The maximum Gasteiger partial charge on any atom is 0.261 e. The van der Waals surface area contributed by atoms with Crippen LogP contribution in [0.25, 0.3) is 10.9 Å². The first-order chi connectivity index (χ1) is 11.6. The van der Waals surface area contributed by atoms with Crippen LogP contribution in [0.2, 0.25) is 0 Å². The smallest absolute Gasteiger partial charge is 0.261 e. The summed E-state index contributed by atoms with van der Waals surface area (Å²) in [6, 6.07) is 11.0. The summed E-state index contributed by atoms with van der Waals surface area (Å²) >= 11 is 0. The van der Waals surface area contributed by atoms with Crippen molar-refractivity contribution in [1.29, 1.82) is 0 Å². The van der Waals surface area contributed by atoms with E-state index in [1.54, 1.807) is 12.1 Å². The molecule has 122 valence electrons. The highest BCUT2D eigenvalue weighted by Gasteiger charge is 2.12. The van der Waals surface area contributed by atoms with E-state index in [1.165, 1.54) is 30.1 Å². The lowest BCUT2D eigenvalue weighted by atomic mass is 10.1. The summed E-state index contributed by atoms with van der Waals surface area (Å²) in [7, 11) is 1.54. The zero-order valence-electron chi connectivity index (χ0n) is 13.0. The van der Waals surface area contributed by atoms with Crippen LogP contribution in [0.15, 0.2) is 53.6 Å². The van der Waals surface area contributed by atoms with Gasteiger partial charge in [-0.25, -0.2) is 9.37 Å². The third-order valence-corrected chi connectivity index (χ3v) is 3.71. The molecule has 0 unspecified atom stereocenters. The van der Waals surface area contributed by atoms with Gasteiger partial charge in [-0.1, -0.05) is 18.2 Å². The number of Topliss-reactive ketones (excluding diaryl/α,β-unsaturated/α-hetero) is 1. The summed E-state index contributed by atoms with van der Waals surface area (Å²) in [5.41, 5.74) is 0.709. The molecule has 1 aromatic heterocycles. The Morgan fingerprint density at radius 3 is 2.83 bits per heavy atom. The molecule has 0 saturated heterocycles. The fourth-order valence-electron chi connectivity index (χ4n) is 2.55. The summed E-state index contributed by atoms with van der Waals surface area (Å²) in [5.74, 6) is -0.0597. The van der Waals surface area contributed by atoms with Crippen molar-refractivity contribution in [2.45, 2.75) is 13.0 Å². The van der Waals surface area contributed by atoms with E-state index in [2.05, 4.69) is 4.98 Å². The van der Waals surface area contributed by atoms with Gasteiger partial charge in [0.1, 0.15) is 11.6 Å². The highest BCUT2D eigenvalue weighted by Crippen LogP contribution is 2.18. The van der Waals surface area contributed by atoms with E-state index < -0.39 is 11.4 Å². The van der Waals surface area contributed by atoms with Gasteiger partial charge in [0.15, 0.2) is 5.78 Å². The van der Waals surface area contributed by atoms with Crippen molar-refractivity contribution in [3.63, 3.8) is 0 Å². The van der Waals surface area contributed by atoms with Crippen molar-refractivity contribution >= 4 is 16.7 Å². The molecular formula is C18H15FN2O3. The Morgan fingerprint density at radius 1 is 1.25 bits per heavy atom. The molecule has 6 heteroatoms. The number of para-hydroxylation sites is 1. The maximum atomic E-state index is 13.3. The Bertz CT molecular complexity index is 966. The van der Waals surface area contributed by atoms with Crippen LogP contribution in [0.3, 0.4) is 0 Å². The van der Waals surface area contributed by atoms with Crippen LogP contribution >= 0.6 is 0 Å². The van der Waals surface area contributed by atoms with E-state index in [-0.39, 0.29) is 24.1 Å². The molecule has 0 aliphatic carbocycles. The first kappa shape index (κ1) is 15.9. The molecule has 2 aromatic carbocycles. The quantitative estimate of drug-likeness (QED) is 0.722. The normalized spacial score (nSPS) is 10.8. The molecule has 24 heavy (non-hydrogen) atoms. The van der Waals surface area contributed by atoms with Crippen LogP contribution in [0.4, 0.5) is 4.39 Å². The first-order valence-corrected chi connectivity index (χ1v) is 7.37. The fraction of sp³-hybridized carbons (Fsp3) is 0.167. The Labute approximate surface area is 137 Å². The predicted molar refractivity (Wildman–Crippen MR) is 87.7 cm³/mol. The number of benzene rings is 2. The Hall–Kier alpha value is -3.02. The van der Waals surface area contributed by atoms with Crippen LogP contribution in [0.1, 0.15) is 5.56 Å². The van der Waals surface area contributed by atoms with Crippen LogP contribution in [0, 0.1) is 5.82 Å². The van der Waals surface area contributed by atoms with Crippen molar-refractivity contribution in [3.05, 3.63) is 70.5 Å².